The van der Waals surface area contributed by atoms with Crippen LogP contribution in [-0.4, -0.2) is 31.3 Å². The first-order chi connectivity index (χ1) is 9.88. The van der Waals surface area contributed by atoms with Crippen LogP contribution >= 0.6 is 0 Å². The summed E-state index contributed by atoms with van der Waals surface area (Å²) in [5.74, 6) is -1.98. The Morgan fingerprint density at radius 1 is 1.36 bits per heavy atom. The van der Waals surface area contributed by atoms with E-state index in [4.69, 9.17) is 4.74 Å². The molecular weight excluding hydrogens is 301 g/mol. The van der Waals surface area contributed by atoms with Gasteiger partial charge >= 0.3 is 35.5 Å². The van der Waals surface area contributed by atoms with Gasteiger partial charge in [0.25, 0.3) is 0 Å². The molecule has 0 aliphatic rings. The van der Waals surface area contributed by atoms with Gasteiger partial charge in [-0.15, -0.1) is 0 Å². The molecule has 0 bridgehead atoms. The molecular formula is C14H16NNaO6. The van der Waals surface area contributed by atoms with Gasteiger partial charge in [0.2, 0.25) is 0 Å². The minimum Gasteiger partial charge on any atom is -0.548 e. The van der Waals surface area contributed by atoms with Gasteiger partial charge in [-0.05, 0) is 24.6 Å². The van der Waals surface area contributed by atoms with Gasteiger partial charge in [0.15, 0.2) is 11.5 Å². The molecule has 0 aliphatic heterocycles. The number of phenols is 1. The Morgan fingerprint density at radius 3 is 2.50 bits per heavy atom. The van der Waals surface area contributed by atoms with Crippen molar-refractivity contribution in [2.45, 2.75) is 13.0 Å². The third-order valence-electron chi connectivity index (χ3n) is 2.68. The normalized spacial score (nSPS) is 11.9. The molecule has 1 aromatic rings. The SMILES string of the molecule is COC(=O)C=C(C)NC(C(=O)[O-])c1ccc(O)c(OC)c1.[Na+]. The second kappa shape index (κ2) is 9.34. The summed E-state index contributed by atoms with van der Waals surface area (Å²) in [6.45, 7) is 1.52. The predicted molar refractivity (Wildman–Crippen MR) is 71.3 cm³/mol. The summed E-state index contributed by atoms with van der Waals surface area (Å²) in [6.07, 6.45) is 1.12. The maximum absolute atomic E-state index is 11.3. The summed E-state index contributed by atoms with van der Waals surface area (Å²) >= 11 is 0. The molecule has 1 aromatic carbocycles. The minimum atomic E-state index is -1.39. The van der Waals surface area contributed by atoms with E-state index in [0.29, 0.717) is 11.3 Å². The molecule has 0 fully saturated rings. The number of aromatic hydroxyl groups is 1. The van der Waals surface area contributed by atoms with Gasteiger partial charge in [-0.3, -0.25) is 0 Å². The zero-order valence-electron chi connectivity index (χ0n) is 12.9. The van der Waals surface area contributed by atoms with Gasteiger partial charge in [0.05, 0.1) is 26.2 Å². The first kappa shape index (κ1) is 20.3. The predicted octanol–water partition coefficient (Wildman–Crippen LogP) is -3.14. The van der Waals surface area contributed by atoms with Gasteiger partial charge in [-0.2, -0.15) is 0 Å². The van der Waals surface area contributed by atoms with Crippen molar-refractivity contribution >= 4 is 11.9 Å². The first-order valence-electron chi connectivity index (χ1n) is 5.99. The summed E-state index contributed by atoms with van der Waals surface area (Å²) in [5, 5.41) is 23.4. The van der Waals surface area contributed by atoms with Crippen molar-refractivity contribution in [3.8, 4) is 11.5 Å². The monoisotopic (exact) mass is 317 g/mol. The van der Waals surface area contributed by atoms with E-state index in [1.165, 1.54) is 39.3 Å². The minimum absolute atomic E-state index is 0. The van der Waals surface area contributed by atoms with Crippen LogP contribution in [0.1, 0.15) is 18.5 Å². The number of methoxy groups -OCH3 is 2. The van der Waals surface area contributed by atoms with E-state index in [2.05, 4.69) is 10.1 Å². The molecule has 1 unspecified atom stereocenters. The van der Waals surface area contributed by atoms with Crippen molar-refractivity contribution < 1.29 is 58.8 Å². The number of rotatable bonds is 6. The number of carbonyl (C=O) groups excluding carboxylic acids is 2. The summed E-state index contributed by atoms with van der Waals surface area (Å²) in [6, 6.07) is 2.89. The number of hydrogen-bond donors (Lipinski definition) is 2. The molecule has 0 radical (unpaired) electrons. The topological polar surface area (TPSA) is 108 Å². The van der Waals surface area contributed by atoms with Gasteiger partial charge in [0, 0.05) is 11.8 Å². The third-order valence-corrected chi connectivity index (χ3v) is 2.68. The molecule has 0 heterocycles. The van der Waals surface area contributed by atoms with E-state index in [9.17, 15) is 19.8 Å². The van der Waals surface area contributed by atoms with Gasteiger partial charge < -0.3 is 29.8 Å². The molecule has 1 atom stereocenters. The molecule has 114 valence electrons. The number of carboxylic acids is 1. The Kier molecular flexibility index (Phi) is 8.62. The van der Waals surface area contributed by atoms with Crippen molar-refractivity contribution in [2.75, 3.05) is 14.2 Å². The van der Waals surface area contributed by atoms with Gasteiger partial charge in [-0.1, -0.05) is 6.07 Å². The number of hydrogen-bond acceptors (Lipinski definition) is 7. The van der Waals surface area contributed by atoms with Crippen LogP contribution in [0.3, 0.4) is 0 Å². The maximum atomic E-state index is 11.3. The Hall–Kier alpha value is -1.70. The van der Waals surface area contributed by atoms with E-state index >= 15 is 0 Å². The Labute approximate surface area is 150 Å². The van der Waals surface area contributed by atoms with Crippen LogP contribution in [0.2, 0.25) is 0 Å². The quantitative estimate of drug-likeness (QED) is 0.324. The number of esters is 1. The molecule has 0 spiro atoms. The number of ether oxygens (including phenoxy) is 2. The molecule has 22 heavy (non-hydrogen) atoms. The van der Waals surface area contributed by atoms with Crippen LogP contribution < -0.4 is 44.7 Å². The molecule has 7 nitrogen and oxygen atoms in total. The average molecular weight is 317 g/mol. The third kappa shape index (κ3) is 5.59. The number of carboxylic acid groups (broad SMARTS) is 1. The van der Waals surface area contributed by atoms with Crippen molar-refractivity contribution in [1.82, 2.24) is 5.32 Å². The van der Waals surface area contributed by atoms with Crippen molar-refractivity contribution in [1.29, 1.82) is 0 Å². The molecule has 1 rings (SSSR count). The maximum Gasteiger partial charge on any atom is 1.00 e. The second-order valence-corrected chi connectivity index (χ2v) is 4.18. The van der Waals surface area contributed by atoms with Gasteiger partial charge in [-0.25, -0.2) is 4.79 Å². The fraction of sp³-hybridized carbons (Fsp3) is 0.286. The van der Waals surface area contributed by atoms with Crippen LogP contribution in [-0.2, 0) is 14.3 Å². The Morgan fingerprint density at radius 2 is 2.00 bits per heavy atom. The summed E-state index contributed by atoms with van der Waals surface area (Å²) in [4.78, 5) is 22.4. The summed E-state index contributed by atoms with van der Waals surface area (Å²) in [5.41, 5.74) is 0.602. The van der Waals surface area contributed by atoms with Crippen LogP contribution in [0.5, 0.6) is 11.5 Å². The second-order valence-electron chi connectivity index (χ2n) is 4.18. The molecule has 0 saturated carbocycles. The average Bonchev–Trinajstić information content (AvgIpc) is 2.45. The number of phenolic OH excluding ortho intramolecular Hbond substituents is 1. The van der Waals surface area contributed by atoms with E-state index in [0.717, 1.165) is 6.08 Å². The molecule has 0 saturated heterocycles. The molecule has 2 N–H and O–H groups in total. The fourth-order valence-electron chi connectivity index (χ4n) is 1.66. The van der Waals surface area contributed by atoms with E-state index in [-0.39, 0.29) is 41.1 Å². The smallest absolute Gasteiger partial charge is 0.548 e. The molecule has 0 aliphatic carbocycles. The number of allylic oxidation sites excluding steroid dienone is 1. The first-order valence-corrected chi connectivity index (χ1v) is 5.99. The molecule has 0 aromatic heterocycles. The van der Waals surface area contributed by atoms with Crippen LogP contribution in [0, 0.1) is 0 Å². The Balaban J connectivity index is 0.00000441. The zero-order chi connectivity index (χ0) is 16.0. The zero-order valence-corrected chi connectivity index (χ0v) is 14.9. The number of aliphatic carboxylic acids is 1. The summed E-state index contributed by atoms with van der Waals surface area (Å²) < 4.78 is 9.37. The standard InChI is InChI=1S/C14H17NO6.Na/c1-8(6-12(17)21-3)15-13(14(18)19)9-4-5-10(16)11(7-9)20-2;/h4-7,13,15-16H,1-3H3,(H,18,19);/q;+1/p-1. The summed E-state index contributed by atoms with van der Waals surface area (Å²) in [7, 11) is 2.57. The van der Waals surface area contributed by atoms with E-state index in [1.807, 2.05) is 0 Å². The number of nitrogens with one attached hydrogen (secondary N) is 1. The molecule has 8 heteroatoms. The molecule has 0 amide bonds. The number of carbonyl (C=O) groups is 2. The van der Waals surface area contributed by atoms with Crippen molar-refractivity contribution in [2.24, 2.45) is 0 Å². The van der Waals surface area contributed by atoms with E-state index in [1.54, 1.807) is 0 Å². The van der Waals surface area contributed by atoms with Crippen LogP contribution in [0.15, 0.2) is 30.0 Å². The van der Waals surface area contributed by atoms with Crippen LogP contribution in [0.4, 0.5) is 0 Å². The van der Waals surface area contributed by atoms with Crippen molar-refractivity contribution in [3.05, 3.63) is 35.5 Å². The van der Waals surface area contributed by atoms with E-state index < -0.39 is 18.0 Å². The number of benzene rings is 1. The largest absolute Gasteiger partial charge is 1.00 e. The van der Waals surface area contributed by atoms with Crippen molar-refractivity contribution in [3.63, 3.8) is 0 Å². The fourth-order valence-corrected chi connectivity index (χ4v) is 1.66. The van der Waals surface area contributed by atoms with Gasteiger partial charge in [0.1, 0.15) is 0 Å². The Bertz CT molecular complexity index is 572. The van der Waals surface area contributed by atoms with Crippen LogP contribution in [0.25, 0.3) is 0 Å².